The van der Waals surface area contributed by atoms with E-state index in [1.54, 1.807) is 0 Å². The maximum atomic E-state index is 12.8. The third kappa shape index (κ3) is 5.58. The molecule has 25 heavy (non-hydrogen) atoms. The van der Waals surface area contributed by atoms with Gasteiger partial charge in [0.1, 0.15) is 0 Å². The molecule has 0 bridgehead atoms. The molecule has 2 rings (SSSR count). The molecule has 2 N–H and O–H groups in total. The van der Waals surface area contributed by atoms with Crippen LogP contribution < -0.4 is 5.73 Å². The highest BCUT2D eigenvalue weighted by atomic mass is 35.5. The van der Waals surface area contributed by atoms with Crippen molar-refractivity contribution in [3.05, 3.63) is 71.3 Å². The number of hydrogen-bond donors (Lipinski definition) is 1. The molecule has 0 fully saturated rings. The molecule has 136 valence electrons. The highest BCUT2D eigenvalue weighted by Crippen LogP contribution is 2.22. The Morgan fingerprint density at radius 2 is 1.60 bits per heavy atom. The summed E-state index contributed by atoms with van der Waals surface area (Å²) in [6.45, 7) is 6.07. The van der Waals surface area contributed by atoms with E-state index < -0.39 is 0 Å². The number of aryl methyl sites for hydroxylation is 1. The molecule has 0 aliphatic heterocycles. The minimum atomic E-state index is -0.285. The fraction of sp³-hybridized carbons (Fsp3) is 0.381. The summed E-state index contributed by atoms with van der Waals surface area (Å²) in [4.78, 5) is 14.6. The summed E-state index contributed by atoms with van der Waals surface area (Å²) >= 11 is 0. The SMILES string of the molecule is Cc1ccc(CC(C)N(C)C(=O)C(C)C(N)c2ccccc2)cc1.Cl. The Morgan fingerprint density at radius 3 is 2.16 bits per heavy atom. The number of carbonyl (C=O) groups excluding carboxylic acids is 1. The van der Waals surface area contributed by atoms with Crippen LogP contribution in [0.15, 0.2) is 54.6 Å². The number of benzene rings is 2. The number of carbonyl (C=O) groups is 1. The summed E-state index contributed by atoms with van der Waals surface area (Å²) in [7, 11) is 1.87. The normalized spacial score (nSPS) is 14.1. The highest BCUT2D eigenvalue weighted by molar-refractivity contribution is 5.85. The second-order valence-electron chi connectivity index (χ2n) is 6.71. The van der Waals surface area contributed by atoms with Gasteiger partial charge in [0.05, 0.1) is 5.92 Å². The van der Waals surface area contributed by atoms with Gasteiger partial charge < -0.3 is 10.6 Å². The van der Waals surface area contributed by atoms with Crippen molar-refractivity contribution in [2.75, 3.05) is 7.05 Å². The number of amides is 1. The third-order valence-electron chi connectivity index (χ3n) is 4.77. The molecule has 0 radical (unpaired) electrons. The van der Waals surface area contributed by atoms with Gasteiger partial charge in [-0.1, -0.05) is 67.1 Å². The largest absolute Gasteiger partial charge is 0.342 e. The van der Waals surface area contributed by atoms with Crippen LogP contribution in [-0.2, 0) is 11.2 Å². The van der Waals surface area contributed by atoms with Gasteiger partial charge in [0.2, 0.25) is 5.91 Å². The zero-order valence-corrected chi connectivity index (χ0v) is 16.3. The quantitative estimate of drug-likeness (QED) is 0.841. The van der Waals surface area contributed by atoms with Gasteiger partial charge in [-0.15, -0.1) is 12.4 Å². The van der Waals surface area contributed by atoms with Crippen molar-refractivity contribution < 1.29 is 4.79 Å². The summed E-state index contributed by atoms with van der Waals surface area (Å²) < 4.78 is 0. The highest BCUT2D eigenvalue weighted by Gasteiger charge is 2.27. The second-order valence-corrected chi connectivity index (χ2v) is 6.71. The lowest BCUT2D eigenvalue weighted by Gasteiger charge is -2.30. The smallest absolute Gasteiger partial charge is 0.227 e. The van der Waals surface area contributed by atoms with E-state index in [0.29, 0.717) is 0 Å². The number of hydrogen-bond acceptors (Lipinski definition) is 2. The van der Waals surface area contributed by atoms with Gasteiger partial charge in [0.15, 0.2) is 0 Å². The molecule has 3 atom stereocenters. The number of nitrogens with zero attached hydrogens (tertiary/aromatic N) is 1. The van der Waals surface area contributed by atoms with Crippen LogP contribution in [0.3, 0.4) is 0 Å². The summed E-state index contributed by atoms with van der Waals surface area (Å²) in [5.74, 6) is -0.163. The average molecular weight is 361 g/mol. The van der Waals surface area contributed by atoms with Gasteiger partial charge >= 0.3 is 0 Å². The lowest BCUT2D eigenvalue weighted by Crippen LogP contribution is -2.42. The molecule has 0 saturated carbocycles. The maximum Gasteiger partial charge on any atom is 0.227 e. The van der Waals surface area contributed by atoms with Crippen LogP contribution in [-0.4, -0.2) is 23.9 Å². The standard InChI is InChI=1S/C21H28N2O.ClH/c1-15-10-12-18(13-11-15)14-16(2)23(4)21(24)17(3)20(22)19-8-6-5-7-9-19;/h5-13,16-17,20H,14,22H2,1-4H3;1H. The zero-order valence-electron chi connectivity index (χ0n) is 15.5. The minimum absolute atomic E-state index is 0. The molecular formula is C21H29ClN2O. The second kappa shape index (κ2) is 9.59. The topological polar surface area (TPSA) is 46.3 Å². The Kier molecular flexibility index (Phi) is 8.14. The number of halogens is 1. The van der Waals surface area contributed by atoms with Crippen LogP contribution >= 0.6 is 12.4 Å². The molecule has 0 spiro atoms. The van der Waals surface area contributed by atoms with Crippen molar-refractivity contribution >= 4 is 18.3 Å². The molecule has 0 aromatic heterocycles. The molecule has 1 amide bonds. The summed E-state index contributed by atoms with van der Waals surface area (Å²) in [6.07, 6.45) is 0.843. The summed E-state index contributed by atoms with van der Waals surface area (Å²) in [5.41, 5.74) is 9.79. The van der Waals surface area contributed by atoms with Gasteiger partial charge in [-0.3, -0.25) is 4.79 Å². The van der Waals surface area contributed by atoms with Crippen LogP contribution in [0.25, 0.3) is 0 Å². The van der Waals surface area contributed by atoms with Crippen molar-refractivity contribution in [2.45, 2.75) is 39.3 Å². The predicted octanol–water partition coefficient (Wildman–Crippen LogP) is 4.14. The minimum Gasteiger partial charge on any atom is -0.342 e. The van der Waals surface area contributed by atoms with Crippen molar-refractivity contribution in [3.8, 4) is 0 Å². The van der Waals surface area contributed by atoms with E-state index in [4.69, 9.17) is 5.73 Å². The Hall–Kier alpha value is -1.84. The van der Waals surface area contributed by atoms with Crippen LogP contribution in [0.2, 0.25) is 0 Å². The molecule has 0 heterocycles. The Bertz CT molecular complexity index is 657. The van der Waals surface area contributed by atoms with Gasteiger partial charge in [0.25, 0.3) is 0 Å². The first-order chi connectivity index (χ1) is 11.4. The first-order valence-corrected chi connectivity index (χ1v) is 8.53. The molecule has 0 aliphatic rings. The fourth-order valence-electron chi connectivity index (χ4n) is 2.86. The van der Waals surface area contributed by atoms with Gasteiger partial charge in [-0.05, 0) is 31.4 Å². The monoisotopic (exact) mass is 360 g/mol. The van der Waals surface area contributed by atoms with E-state index in [2.05, 4.69) is 38.1 Å². The molecule has 3 unspecified atom stereocenters. The molecule has 0 saturated heterocycles. The molecule has 4 heteroatoms. The number of likely N-dealkylation sites (N-methyl/N-ethyl adjacent to an activating group) is 1. The molecule has 2 aromatic rings. The zero-order chi connectivity index (χ0) is 17.7. The van der Waals surface area contributed by atoms with Crippen molar-refractivity contribution in [1.29, 1.82) is 0 Å². The third-order valence-corrected chi connectivity index (χ3v) is 4.77. The Labute approximate surface area is 157 Å². The first-order valence-electron chi connectivity index (χ1n) is 8.53. The van der Waals surface area contributed by atoms with Gasteiger partial charge in [0, 0.05) is 19.1 Å². The van der Waals surface area contributed by atoms with Gasteiger partial charge in [-0.25, -0.2) is 0 Å². The Balaban J connectivity index is 0.00000312. The van der Waals surface area contributed by atoms with Crippen LogP contribution in [0, 0.1) is 12.8 Å². The first kappa shape index (κ1) is 21.2. The van der Waals surface area contributed by atoms with E-state index in [1.165, 1.54) is 11.1 Å². The van der Waals surface area contributed by atoms with E-state index in [0.717, 1.165) is 12.0 Å². The van der Waals surface area contributed by atoms with Gasteiger partial charge in [-0.2, -0.15) is 0 Å². The lowest BCUT2D eigenvalue weighted by atomic mass is 9.93. The van der Waals surface area contributed by atoms with E-state index in [9.17, 15) is 4.79 Å². The number of rotatable bonds is 6. The Morgan fingerprint density at radius 1 is 1.04 bits per heavy atom. The van der Waals surface area contributed by atoms with E-state index in [1.807, 2.05) is 49.2 Å². The molecule has 2 aromatic carbocycles. The number of nitrogens with two attached hydrogens (primary N) is 1. The fourth-order valence-corrected chi connectivity index (χ4v) is 2.86. The summed E-state index contributed by atoms with van der Waals surface area (Å²) in [6, 6.07) is 18.1. The van der Waals surface area contributed by atoms with E-state index >= 15 is 0 Å². The van der Waals surface area contributed by atoms with Crippen molar-refractivity contribution in [3.63, 3.8) is 0 Å². The van der Waals surface area contributed by atoms with Crippen LogP contribution in [0.5, 0.6) is 0 Å². The van der Waals surface area contributed by atoms with Crippen molar-refractivity contribution in [2.24, 2.45) is 11.7 Å². The molecule has 0 aliphatic carbocycles. The maximum absolute atomic E-state index is 12.8. The van der Waals surface area contributed by atoms with Crippen molar-refractivity contribution in [1.82, 2.24) is 4.90 Å². The lowest BCUT2D eigenvalue weighted by molar-refractivity contribution is -0.136. The van der Waals surface area contributed by atoms with E-state index in [-0.39, 0.29) is 36.3 Å². The average Bonchev–Trinajstić information content (AvgIpc) is 2.61. The molecular weight excluding hydrogens is 332 g/mol. The van der Waals surface area contributed by atoms with Crippen LogP contribution in [0.4, 0.5) is 0 Å². The summed E-state index contributed by atoms with van der Waals surface area (Å²) in [5, 5.41) is 0. The predicted molar refractivity (Wildman–Crippen MR) is 107 cm³/mol. The van der Waals surface area contributed by atoms with Crippen LogP contribution in [0.1, 0.15) is 36.6 Å². The molecule has 3 nitrogen and oxygen atoms in total.